The molecule has 0 saturated heterocycles. The molecule has 0 spiro atoms. The summed E-state index contributed by atoms with van der Waals surface area (Å²) < 4.78 is 2.27. The van der Waals surface area contributed by atoms with Gasteiger partial charge >= 0.3 is 0 Å². The van der Waals surface area contributed by atoms with Crippen molar-refractivity contribution in [1.82, 2.24) is 9.55 Å². The van der Waals surface area contributed by atoms with Gasteiger partial charge in [0.25, 0.3) is 0 Å². The predicted octanol–water partition coefficient (Wildman–Crippen LogP) is 3.52. The third-order valence-electron chi connectivity index (χ3n) is 3.09. The second kappa shape index (κ2) is 3.34. The van der Waals surface area contributed by atoms with Crippen molar-refractivity contribution in [3.8, 4) is 0 Å². The van der Waals surface area contributed by atoms with E-state index in [1.807, 2.05) is 12.3 Å². The van der Waals surface area contributed by atoms with Crippen LogP contribution in [0, 0.1) is 6.92 Å². The molecular formula is C14H14N2. The third kappa shape index (κ3) is 1.16. The average molecular weight is 210 g/mol. The van der Waals surface area contributed by atoms with Gasteiger partial charge in [0, 0.05) is 23.5 Å². The van der Waals surface area contributed by atoms with E-state index in [1.165, 1.54) is 21.9 Å². The van der Waals surface area contributed by atoms with E-state index in [0.29, 0.717) is 0 Å². The number of aryl methyl sites for hydroxylation is 2. The number of nitrogens with zero attached hydrogens (tertiary/aromatic N) is 2. The monoisotopic (exact) mass is 210 g/mol. The van der Waals surface area contributed by atoms with Crippen LogP contribution in [0.15, 0.2) is 36.5 Å². The van der Waals surface area contributed by atoms with Crippen LogP contribution in [-0.4, -0.2) is 9.55 Å². The molecule has 2 aromatic heterocycles. The summed E-state index contributed by atoms with van der Waals surface area (Å²) in [6.07, 6.45) is 1.86. The van der Waals surface area contributed by atoms with Crippen LogP contribution in [0.5, 0.6) is 0 Å². The number of hydrogen-bond acceptors (Lipinski definition) is 1. The van der Waals surface area contributed by atoms with Gasteiger partial charge in [0.1, 0.15) is 5.65 Å². The first-order valence-corrected chi connectivity index (χ1v) is 5.65. The SMILES string of the molecule is CCn1c2ccc(C)cc2c2cccnc21. The Morgan fingerprint density at radius 2 is 2.06 bits per heavy atom. The molecule has 80 valence electrons. The normalized spacial score (nSPS) is 11.4. The van der Waals surface area contributed by atoms with Crippen molar-refractivity contribution >= 4 is 21.9 Å². The van der Waals surface area contributed by atoms with Crippen LogP contribution in [0.1, 0.15) is 12.5 Å². The highest BCUT2D eigenvalue weighted by Crippen LogP contribution is 2.27. The highest BCUT2D eigenvalue weighted by Gasteiger charge is 2.09. The molecule has 0 bridgehead atoms. The Balaban J connectivity index is 2.59. The molecule has 0 fully saturated rings. The van der Waals surface area contributed by atoms with E-state index in [0.717, 1.165) is 12.2 Å². The first-order valence-electron chi connectivity index (χ1n) is 5.65. The van der Waals surface area contributed by atoms with Crippen molar-refractivity contribution in [2.45, 2.75) is 20.4 Å². The Kier molecular flexibility index (Phi) is 1.96. The summed E-state index contributed by atoms with van der Waals surface area (Å²) in [5.74, 6) is 0. The smallest absolute Gasteiger partial charge is 0.140 e. The summed E-state index contributed by atoms with van der Waals surface area (Å²) in [5.41, 5.74) is 3.67. The maximum Gasteiger partial charge on any atom is 0.140 e. The van der Waals surface area contributed by atoms with Gasteiger partial charge in [0.05, 0.1) is 5.52 Å². The van der Waals surface area contributed by atoms with Crippen molar-refractivity contribution in [2.75, 3.05) is 0 Å². The molecule has 0 aliphatic heterocycles. The van der Waals surface area contributed by atoms with Crippen LogP contribution >= 0.6 is 0 Å². The zero-order valence-corrected chi connectivity index (χ0v) is 9.57. The van der Waals surface area contributed by atoms with E-state index in [4.69, 9.17) is 0 Å². The zero-order chi connectivity index (χ0) is 11.1. The minimum atomic E-state index is 0.958. The van der Waals surface area contributed by atoms with Crippen molar-refractivity contribution in [3.63, 3.8) is 0 Å². The number of pyridine rings is 1. The average Bonchev–Trinajstić information content (AvgIpc) is 2.62. The zero-order valence-electron chi connectivity index (χ0n) is 9.57. The molecule has 3 aromatic rings. The Morgan fingerprint density at radius 1 is 1.19 bits per heavy atom. The molecule has 0 aliphatic carbocycles. The minimum Gasteiger partial charge on any atom is -0.326 e. The molecule has 1 aromatic carbocycles. The van der Waals surface area contributed by atoms with Gasteiger partial charge in [-0.2, -0.15) is 0 Å². The van der Waals surface area contributed by atoms with Gasteiger partial charge in [-0.1, -0.05) is 11.6 Å². The summed E-state index contributed by atoms with van der Waals surface area (Å²) in [5, 5.41) is 2.56. The van der Waals surface area contributed by atoms with E-state index in [1.54, 1.807) is 0 Å². The molecule has 3 rings (SSSR count). The number of rotatable bonds is 1. The molecule has 0 amide bonds. The van der Waals surface area contributed by atoms with Gasteiger partial charge in [-0.15, -0.1) is 0 Å². The first kappa shape index (κ1) is 9.40. The minimum absolute atomic E-state index is 0.958. The molecule has 16 heavy (non-hydrogen) atoms. The summed E-state index contributed by atoms with van der Waals surface area (Å²) in [4.78, 5) is 4.48. The van der Waals surface area contributed by atoms with Gasteiger partial charge in [0.2, 0.25) is 0 Å². The molecule has 2 heterocycles. The summed E-state index contributed by atoms with van der Waals surface area (Å²) in [6, 6.07) is 10.7. The van der Waals surface area contributed by atoms with Gasteiger partial charge < -0.3 is 4.57 Å². The fraction of sp³-hybridized carbons (Fsp3) is 0.214. The topological polar surface area (TPSA) is 17.8 Å². The fourth-order valence-electron chi connectivity index (χ4n) is 2.36. The van der Waals surface area contributed by atoms with Crippen LogP contribution in [-0.2, 0) is 6.54 Å². The first-order chi connectivity index (χ1) is 7.81. The lowest BCUT2D eigenvalue weighted by molar-refractivity contribution is 0.816. The van der Waals surface area contributed by atoms with Crippen molar-refractivity contribution in [3.05, 3.63) is 42.1 Å². The fourth-order valence-corrected chi connectivity index (χ4v) is 2.36. The second-order valence-electron chi connectivity index (χ2n) is 4.14. The Bertz CT molecular complexity index is 665. The van der Waals surface area contributed by atoms with E-state index >= 15 is 0 Å². The molecule has 0 saturated carbocycles. The van der Waals surface area contributed by atoms with Crippen LogP contribution in [0.2, 0.25) is 0 Å². The highest BCUT2D eigenvalue weighted by atomic mass is 15.0. The molecule has 2 nitrogen and oxygen atoms in total. The van der Waals surface area contributed by atoms with E-state index in [2.05, 4.69) is 47.7 Å². The summed E-state index contributed by atoms with van der Waals surface area (Å²) in [7, 11) is 0. The number of aromatic nitrogens is 2. The van der Waals surface area contributed by atoms with Crippen molar-refractivity contribution in [1.29, 1.82) is 0 Å². The predicted molar refractivity (Wildman–Crippen MR) is 67.7 cm³/mol. The van der Waals surface area contributed by atoms with Crippen LogP contribution in [0.4, 0.5) is 0 Å². The summed E-state index contributed by atoms with van der Waals surface area (Å²) >= 11 is 0. The van der Waals surface area contributed by atoms with Crippen LogP contribution in [0.3, 0.4) is 0 Å². The molecule has 0 aliphatic rings. The lowest BCUT2D eigenvalue weighted by Crippen LogP contribution is -1.94. The maximum atomic E-state index is 4.48. The Hall–Kier alpha value is -1.83. The standard InChI is InChI=1S/C14H14N2/c1-3-16-13-7-6-10(2)9-12(13)11-5-4-8-15-14(11)16/h4-9H,3H2,1-2H3. The number of hydrogen-bond donors (Lipinski definition) is 0. The van der Waals surface area contributed by atoms with Gasteiger partial charge in [0.15, 0.2) is 0 Å². The van der Waals surface area contributed by atoms with Crippen LogP contribution < -0.4 is 0 Å². The highest BCUT2D eigenvalue weighted by molar-refractivity contribution is 6.06. The second-order valence-corrected chi connectivity index (χ2v) is 4.14. The molecular weight excluding hydrogens is 196 g/mol. The number of benzene rings is 1. The third-order valence-corrected chi connectivity index (χ3v) is 3.09. The van der Waals surface area contributed by atoms with E-state index in [-0.39, 0.29) is 0 Å². The molecule has 0 atom stereocenters. The van der Waals surface area contributed by atoms with E-state index in [9.17, 15) is 0 Å². The Morgan fingerprint density at radius 3 is 2.88 bits per heavy atom. The van der Waals surface area contributed by atoms with E-state index < -0.39 is 0 Å². The number of fused-ring (bicyclic) bond motifs is 3. The quantitative estimate of drug-likeness (QED) is 0.601. The molecule has 0 N–H and O–H groups in total. The lowest BCUT2D eigenvalue weighted by atomic mass is 10.1. The summed E-state index contributed by atoms with van der Waals surface area (Å²) in [6.45, 7) is 5.25. The largest absolute Gasteiger partial charge is 0.326 e. The molecule has 2 heteroatoms. The maximum absolute atomic E-state index is 4.48. The van der Waals surface area contributed by atoms with Crippen molar-refractivity contribution in [2.24, 2.45) is 0 Å². The Labute approximate surface area is 94.5 Å². The molecule has 0 unspecified atom stereocenters. The van der Waals surface area contributed by atoms with Crippen molar-refractivity contribution < 1.29 is 0 Å². The van der Waals surface area contributed by atoms with Gasteiger partial charge in [-0.25, -0.2) is 4.98 Å². The van der Waals surface area contributed by atoms with Gasteiger partial charge in [-0.3, -0.25) is 0 Å². The molecule has 0 radical (unpaired) electrons. The lowest BCUT2D eigenvalue weighted by Gasteiger charge is -2.01. The van der Waals surface area contributed by atoms with Gasteiger partial charge in [-0.05, 0) is 38.1 Å². The van der Waals surface area contributed by atoms with Crippen LogP contribution in [0.25, 0.3) is 21.9 Å².